The van der Waals surface area contributed by atoms with Crippen molar-refractivity contribution in [1.29, 1.82) is 0 Å². The molecule has 3 heteroatoms. The summed E-state index contributed by atoms with van der Waals surface area (Å²) in [7, 11) is 0. The summed E-state index contributed by atoms with van der Waals surface area (Å²) in [6.07, 6.45) is 7.32. The summed E-state index contributed by atoms with van der Waals surface area (Å²) in [5, 5.41) is 3.67. The van der Waals surface area contributed by atoms with Crippen LogP contribution in [0.25, 0.3) is 0 Å². The molecule has 3 nitrogen and oxygen atoms in total. The smallest absolute Gasteiger partial charge is 0.203 e. The van der Waals surface area contributed by atoms with Gasteiger partial charge in [-0.3, -0.25) is 0 Å². The van der Waals surface area contributed by atoms with E-state index in [-0.39, 0.29) is 0 Å². The van der Waals surface area contributed by atoms with Crippen molar-refractivity contribution < 1.29 is 0 Å². The van der Waals surface area contributed by atoms with Crippen LogP contribution in [-0.4, -0.2) is 15.6 Å². The van der Waals surface area contributed by atoms with Gasteiger partial charge in [0.1, 0.15) is 0 Å². The van der Waals surface area contributed by atoms with Crippen molar-refractivity contribution in [2.24, 2.45) is 11.3 Å². The fourth-order valence-corrected chi connectivity index (χ4v) is 2.92. The van der Waals surface area contributed by atoms with Gasteiger partial charge in [0.25, 0.3) is 0 Å². The quantitative estimate of drug-likeness (QED) is 0.881. The highest BCUT2D eigenvalue weighted by molar-refractivity contribution is 5.30. The van der Waals surface area contributed by atoms with Gasteiger partial charge in [-0.05, 0) is 43.9 Å². The molecule has 0 radical (unpaired) electrons. The first-order chi connectivity index (χ1) is 8.85. The normalized spacial score (nSPS) is 19.9. The molecule has 0 saturated heterocycles. The van der Waals surface area contributed by atoms with Gasteiger partial charge in [0.2, 0.25) is 5.95 Å². The van der Waals surface area contributed by atoms with Crippen LogP contribution in [0.3, 0.4) is 0 Å². The molecule has 1 N–H and O–H groups in total. The number of anilines is 1. The van der Waals surface area contributed by atoms with Crippen molar-refractivity contribution in [2.75, 3.05) is 5.32 Å². The molecule has 0 bridgehead atoms. The molecule has 1 saturated carbocycles. The second kappa shape index (κ2) is 5.56. The van der Waals surface area contributed by atoms with Gasteiger partial charge < -0.3 is 9.88 Å². The fraction of sp³-hybridized carbons (Fsp3) is 0.812. The molecule has 1 fully saturated rings. The number of imidazole rings is 1. The van der Waals surface area contributed by atoms with Gasteiger partial charge in [0.15, 0.2) is 0 Å². The first kappa shape index (κ1) is 14.4. The Bertz CT molecular complexity index is 408. The second-order valence-corrected chi connectivity index (χ2v) is 7.33. The Labute approximate surface area is 117 Å². The number of hydrogen-bond donors (Lipinski definition) is 1. The molecule has 0 unspecified atom stereocenters. The van der Waals surface area contributed by atoms with E-state index in [9.17, 15) is 0 Å². The molecule has 19 heavy (non-hydrogen) atoms. The molecule has 1 aliphatic rings. The van der Waals surface area contributed by atoms with E-state index in [0.717, 1.165) is 18.2 Å². The van der Waals surface area contributed by atoms with Crippen molar-refractivity contribution in [3.05, 3.63) is 11.9 Å². The van der Waals surface area contributed by atoms with Crippen LogP contribution in [0.2, 0.25) is 0 Å². The number of rotatable bonds is 4. The predicted molar refractivity (Wildman–Crippen MR) is 81.5 cm³/mol. The minimum absolute atomic E-state index is 0.529. The van der Waals surface area contributed by atoms with Crippen LogP contribution in [-0.2, 0) is 6.54 Å². The van der Waals surface area contributed by atoms with E-state index >= 15 is 0 Å². The van der Waals surface area contributed by atoms with E-state index in [1.807, 2.05) is 0 Å². The summed E-state index contributed by atoms with van der Waals surface area (Å²) < 4.78 is 2.28. The van der Waals surface area contributed by atoms with E-state index in [1.54, 1.807) is 0 Å². The molecule has 108 valence electrons. The van der Waals surface area contributed by atoms with Crippen molar-refractivity contribution >= 4 is 5.95 Å². The van der Waals surface area contributed by atoms with E-state index in [1.165, 1.54) is 25.7 Å². The molecule has 1 aromatic heterocycles. The van der Waals surface area contributed by atoms with Gasteiger partial charge in [0, 0.05) is 18.8 Å². The summed E-state index contributed by atoms with van der Waals surface area (Å²) in [6.45, 7) is 12.4. The Kier molecular flexibility index (Phi) is 4.22. The zero-order valence-electron chi connectivity index (χ0n) is 13.2. The maximum atomic E-state index is 4.65. The summed E-state index contributed by atoms with van der Waals surface area (Å²) >= 11 is 0. The predicted octanol–water partition coefficient (Wildman–Crippen LogP) is 4.23. The standard InChI is InChI=1S/C16H29N3/c1-12(2)10-19-11-13(3)17-15(19)18-14-6-8-16(4,5)9-7-14/h11-12,14H,6-10H2,1-5H3,(H,17,18). The summed E-state index contributed by atoms with van der Waals surface area (Å²) in [4.78, 5) is 4.65. The van der Waals surface area contributed by atoms with Gasteiger partial charge in [-0.15, -0.1) is 0 Å². The molecule has 0 atom stereocenters. The Morgan fingerprint density at radius 3 is 2.58 bits per heavy atom. The molecule has 0 aliphatic heterocycles. The van der Waals surface area contributed by atoms with Crippen LogP contribution in [0.1, 0.15) is 59.1 Å². The highest BCUT2D eigenvalue weighted by Gasteiger charge is 2.27. The maximum absolute atomic E-state index is 4.65. The Balaban J connectivity index is 1.99. The molecular weight excluding hydrogens is 234 g/mol. The monoisotopic (exact) mass is 263 g/mol. The molecule has 2 rings (SSSR count). The molecule has 0 spiro atoms. The lowest BCUT2D eigenvalue weighted by molar-refractivity contribution is 0.232. The Morgan fingerprint density at radius 2 is 2.00 bits per heavy atom. The minimum Gasteiger partial charge on any atom is -0.353 e. The third kappa shape index (κ3) is 3.99. The number of nitrogens with zero attached hydrogens (tertiary/aromatic N) is 2. The number of hydrogen-bond acceptors (Lipinski definition) is 2. The number of nitrogens with one attached hydrogen (secondary N) is 1. The lowest BCUT2D eigenvalue weighted by Crippen LogP contribution is -2.31. The Hall–Kier alpha value is -0.990. The van der Waals surface area contributed by atoms with Crippen molar-refractivity contribution in [3.8, 4) is 0 Å². The van der Waals surface area contributed by atoms with Crippen LogP contribution >= 0.6 is 0 Å². The zero-order valence-corrected chi connectivity index (χ0v) is 13.2. The van der Waals surface area contributed by atoms with Gasteiger partial charge in [-0.2, -0.15) is 0 Å². The lowest BCUT2D eigenvalue weighted by atomic mass is 9.76. The Morgan fingerprint density at radius 1 is 1.37 bits per heavy atom. The number of aryl methyl sites for hydroxylation is 1. The van der Waals surface area contributed by atoms with Gasteiger partial charge in [0.05, 0.1) is 5.69 Å². The topological polar surface area (TPSA) is 29.9 Å². The van der Waals surface area contributed by atoms with Crippen LogP contribution < -0.4 is 5.32 Å². The zero-order chi connectivity index (χ0) is 14.0. The molecule has 1 aromatic rings. The average molecular weight is 263 g/mol. The lowest BCUT2D eigenvalue weighted by Gasteiger charge is -2.34. The molecule has 1 aliphatic carbocycles. The molecular formula is C16H29N3. The first-order valence-corrected chi connectivity index (χ1v) is 7.66. The largest absolute Gasteiger partial charge is 0.353 e. The van der Waals surface area contributed by atoms with Crippen LogP contribution in [0.4, 0.5) is 5.95 Å². The van der Waals surface area contributed by atoms with E-state index < -0.39 is 0 Å². The third-order valence-corrected chi connectivity index (χ3v) is 4.13. The second-order valence-electron chi connectivity index (χ2n) is 7.33. The summed E-state index contributed by atoms with van der Waals surface area (Å²) in [5.74, 6) is 1.72. The van der Waals surface area contributed by atoms with Crippen molar-refractivity contribution in [1.82, 2.24) is 9.55 Å². The van der Waals surface area contributed by atoms with Crippen LogP contribution in [0, 0.1) is 18.3 Å². The highest BCUT2D eigenvalue weighted by atomic mass is 15.2. The minimum atomic E-state index is 0.529. The highest BCUT2D eigenvalue weighted by Crippen LogP contribution is 2.36. The molecule has 1 heterocycles. The summed E-state index contributed by atoms with van der Waals surface area (Å²) in [6, 6.07) is 0.598. The first-order valence-electron chi connectivity index (χ1n) is 7.66. The van der Waals surface area contributed by atoms with Crippen LogP contribution in [0.5, 0.6) is 0 Å². The average Bonchev–Trinajstić information content (AvgIpc) is 2.61. The molecule has 0 amide bonds. The molecule has 0 aromatic carbocycles. The van der Waals surface area contributed by atoms with Crippen molar-refractivity contribution in [2.45, 2.75) is 72.9 Å². The number of aromatic nitrogens is 2. The van der Waals surface area contributed by atoms with Crippen molar-refractivity contribution in [3.63, 3.8) is 0 Å². The maximum Gasteiger partial charge on any atom is 0.203 e. The van der Waals surface area contributed by atoms with E-state index in [4.69, 9.17) is 0 Å². The SMILES string of the molecule is Cc1cn(CC(C)C)c(NC2CCC(C)(C)CC2)n1. The third-order valence-electron chi connectivity index (χ3n) is 4.13. The van der Waals surface area contributed by atoms with Gasteiger partial charge in [-0.25, -0.2) is 4.98 Å². The van der Waals surface area contributed by atoms with Gasteiger partial charge >= 0.3 is 0 Å². The van der Waals surface area contributed by atoms with E-state index in [0.29, 0.717) is 17.4 Å². The van der Waals surface area contributed by atoms with Gasteiger partial charge in [-0.1, -0.05) is 27.7 Å². The fourth-order valence-electron chi connectivity index (χ4n) is 2.92. The summed E-state index contributed by atoms with van der Waals surface area (Å²) in [5.41, 5.74) is 1.64. The van der Waals surface area contributed by atoms with Crippen LogP contribution in [0.15, 0.2) is 6.20 Å². The van der Waals surface area contributed by atoms with E-state index in [2.05, 4.69) is 55.7 Å².